The van der Waals surface area contributed by atoms with Gasteiger partial charge in [0, 0.05) is 24.9 Å². The van der Waals surface area contributed by atoms with Gasteiger partial charge in [-0.1, -0.05) is 90.5 Å². The van der Waals surface area contributed by atoms with Crippen LogP contribution < -0.4 is 5.43 Å². The van der Waals surface area contributed by atoms with Crippen molar-refractivity contribution in [2.24, 2.45) is 16.9 Å². The SMILES string of the molecule is Cc1ccc(C=NNC(=O)C2C(c3ccccc3)C(C(=O)N3CCOCC3)C2c2ccccc2)cc1. The Morgan fingerprint density at radius 1 is 0.833 bits per heavy atom. The molecule has 0 aromatic heterocycles. The van der Waals surface area contributed by atoms with E-state index in [0.29, 0.717) is 26.3 Å². The van der Waals surface area contributed by atoms with Crippen LogP contribution in [0.25, 0.3) is 0 Å². The predicted octanol–water partition coefficient (Wildman–Crippen LogP) is 4.12. The zero-order valence-electron chi connectivity index (χ0n) is 20.4. The molecule has 0 spiro atoms. The lowest BCUT2D eigenvalue weighted by molar-refractivity contribution is -0.151. The van der Waals surface area contributed by atoms with E-state index in [-0.39, 0.29) is 29.6 Å². The van der Waals surface area contributed by atoms with Crippen LogP contribution in [0.4, 0.5) is 0 Å². The molecule has 0 bridgehead atoms. The van der Waals surface area contributed by atoms with E-state index in [1.54, 1.807) is 6.21 Å². The van der Waals surface area contributed by atoms with E-state index in [1.165, 1.54) is 0 Å². The Balaban J connectivity index is 1.46. The zero-order valence-corrected chi connectivity index (χ0v) is 20.4. The summed E-state index contributed by atoms with van der Waals surface area (Å²) in [6, 6.07) is 27.8. The summed E-state index contributed by atoms with van der Waals surface area (Å²) in [6.45, 7) is 4.28. The van der Waals surface area contributed by atoms with Crippen LogP contribution in [0.2, 0.25) is 0 Å². The lowest BCUT2D eigenvalue weighted by atomic mass is 9.51. The fraction of sp³-hybridized carbons (Fsp3) is 0.300. The van der Waals surface area contributed by atoms with E-state index in [0.717, 1.165) is 22.3 Å². The minimum absolute atomic E-state index is 0.0909. The molecular formula is C30H31N3O3. The number of morpholine rings is 1. The number of ether oxygens (including phenoxy) is 1. The molecule has 2 amide bonds. The monoisotopic (exact) mass is 481 g/mol. The fourth-order valence-electron chi connectivity index (χ4n) is 5.45. The van der Waals surface area contributed by atoms with Crippen LogP contribution in [0.15, 0.2) is 90.0 Å². The number of carbonyl (C=O) groups is 2. The Bertz CT molecular complexity index is 1160. The zero-order chi connectivity index (χ0) is 24.9. The molecule has 2 unspecified atom stereocenters. The minimum atomic E-state index is -0.417. The molecule has 3 aromatic carbocycles. The molecule has 1 N–H and O–H groups in total. The highest BCUT2D eigenvalue weighted by molar-refractivity contribution is 5.91. The van der Waals surface area contributed by atoms with E-state index in [9.17, 15) is 9.59 Å². The number of hydrogen-bond donors (Lipinski definition) is 1. The summed E-state index contributed by atoms with van der Waals surface area (Å²) >= 11 is 0. The molecule has 36 heavy (non-hydrogen) atoms. The summed E-state index contributed by atoms with van der Waals surface area (Å²) in [6.07, 6.45) is 1.65. The molecule has 2 fully saturated rings. The summed E-state index contributed by atoms with van der Waals surface area (Å²) < 4.78 is 5.48. The van der Waals surface area contributed by atoms with Crippen LogP contribution in [0, 0.1) is 18.8 Å². The predicted molar refractivity (Wildman–Crippen MR) is 140 cm³/mol. The molecule has 1 heterocycles. The quantitative estimate of drug-likeness (QED) is 0.425. The van der Waals surface area contributed by atoms with Crippen molar-refractivity contribution >= 4 is 18.0 Å². The number of hydrazone groups is 1. The Hall–Kier alpha value is -3.77. The molecule has 5 rings (SSSR count). The second-order valence-corrected chi connectivity index (χ2v) is 9.51. The summed E-state index contributed by atoms with van der Waals surface area (Å²) in [5, 5.41) is 4.25. The highest BCUT2D eigenvalue weighted by Crippen LogP contribution is 2.58. The van der Waals surface area contributed by atoms with Crippen LogP contribution in [-0.2, 0) is 14.3 Å². The number of amides is 2. The topological polar surface area (TPSA) is 71.0 Å². The van der Waals surface area contributed by atoms with E-state index in [1.807, 2.05) is 96.8 Å². The summed E-state index contributed by atoms with van der Waals surface area (Å²) in [5.41, 5.74) is 6.85. The van der Waals surface area contributed by atoms with Crippen molar-refractivity contribution in [3.8, 4) is 0 Å². The summed E-state index contributed by atoms with van der Waals surface area (Å²) in [4.78, 5) is 29.4. The molecule has 1 aliphatic heterocycles. The van der Waals surface area contributed by atoms with E-state index < -0.39 is 5.92 Å². The van der Waals surface area contributed by atoms with Crippen molar-refractivity contribution in [3.63, 3.8) is 0 Å². The molecule has 3 aromatic rings. The highest BCUT2D eigenvalue weighted by Gasteiger charge is 2.58. The number of carbonyl (C=O) groups excluding carboxylic acids is 2. The van der Waals surface area contributed by atoms with Crippen molar-refractivity contribution < 1.29 is 14.3 Å². The molecular weight excluding hydrogens is 450 g/mol. The third-order valence-electron chi connectivity index (χ3n) is 7.29. The van der Waals surface area contributed by atoms with Gasteiger partial charge in [-0.3, -0.25) is 9.59 Å². The Morgan fingerprint density at radius 3 is 1.94 bits per heavy atom. The maximum Gasteiger partial charge on any atom is 0.244 e. The van der Waals surface area contributed by atoms with Crippen LogP contribution in [-0.4, -0.2) is 49.2 Å². The average molecular weight is 482 g/mol. The van der Waals surface area contributed by atoms with Gasteiger partial charge in [0.05, 0.1) is 31.3 Å². The number of nitrogens with one attached hydrogen (secondary N) is 1. The normalized spacial score (nSPS) is 23.8. The molecule has 1 saturated carbocycles. The minimum Gasteiger partial charge on any atom is -0.378 e. The molecule has 6 nitrogen and oxygen atoms in total. The molecule has 1 aliphatic carbocycles. The van der Waals surface area contributed by atoms with Gasteiger partial charge in [0.1, 0.15) is 0 Å². The van der Waals surface area contributed by atoms with Crippen molar-refractivity contribution in [2.45, 2.75) is 18.8 Å². The van der Waals surface area contributed by atoms with E-state index >= 15 is 0 Å². The molecule has 6 heteroatoms. The highest BCUT2D eigenvalue weighted by atomic mass is 16.5. The van der Waals surface area contributed by atoms with Crippen LogP contribution in [0.5, 0.6) is 0 Å². The smallest absolute Gasteiger partial charge is 0.244 e. The van der Waals surface area contributed by atoms with Gasteiger partial charge >= 0.3 is 0 Å². The second kappa shape index (κ2) is 10.9. The van der Waals surface area contributed by atoms with Gasteiger partial charge in [0.2, 0.25) is 11.8 Å². The third kappa shape index (κ3) is 4.95. The van der Waals surface area contributed by atoms with Crippen molar-refractivity contribution in [1.29, 1.82) is 0 Å². The number of rotatable bonds is 6. The molecule has 184 valence electrons. The summed E-state index contributed by atoms with van der Waals surface area (Å²) in [7, 11) is 0. The lowest BCUT2D eigenvalue weighted by Gasteiger charge is -2.52. The Labute approximate surface area is 212 Å². The van der Waals surface area contributed by atoms with Crippen molar-refractivity contribution in [3.05, 3.63) is 107 Å². The summed E-state index contributed by atoms with van der Waals surface area (Å²) in [5.74, 6) is -1.30. The first-order chi connectivity index (χ1) is 17.6. The molecule has 2 aliphatic rings. The number of nitrogens with zero attached hydrogens (tertiary/aromatic N) is 2. The standard InChI is InChI=1S/C30H31N3O3/c1-21-12-14-22(15-13-21)20-31-32-29(34)27-25(23-8-4-2-5-9-23)28(26(27)24-10-6-3-7-11-24)30(35)33-16-18-36-19-17-33/h2-15,20,25-28H,16-19H2,1H3,(H,32,34). The van der Waals surface area contributed by atoms with Crippen molar-refractivity contribution in [1.82, 2.24) is 10.3 Å². The lowest BCUT2D eigenvalue weighted by Crippen LogP contribution is -2.57. The van der Waals surface area contributed by atoms with Gasteiger partial charge in [0.15, 0.2) is 0 Å². The van der Waals surface area contributed by atoms with Crippen molar-refractivity contribution in [2.75, 3.05) is 26.3 Å². The average Bonchev–Trinajstić information content (AvgIpc) is 2.91. The van der Waals surface area contributed by atoms with Crippen LogP contribution >= 0.6 is 0 Å². The molecule has 0 radical (unpaired) electrons. The fourth-order valence-corrected chi connectivity index (χ4v) is 5.45. The second-order valence-electron chi connectivity index (χ2n) is 9.51. The first kappa shape index (κ1) is 23.9. The molecule has 2 atom stereocenters. The maximum absolute atomic E-state index is 13.9. The van der Waals surface area contributed by atoms with Crippen LogP contribution in [0.3, 0.4) is 0 Å². The van der Waals surface area contributed by atoms with E-state index in [4.69, 9.17) is 4.74 Å². The van der Waals surface area contributed by atoms with Gasteiger partial charge in [-0.15, -0.1) is 0 Å². The number of aryl methyl sites for hydroxylation is 1. The maximum atomic E-state index is 13.9. The van der Waals surface area contributed by atoms with Gasteiger partial charge in [0.25, 0.3) is 0 Å². The Kier molecular flexibility index (Phi) is 7.23. The van der Waals surface area contributed by atoms with Gasteiger partial charge in [-0.2, -0.15) is 5.10 Å². The third-order valence-corrected chi connectivity index (χ3v) is 7.29. The first-order valence-corrected chi connectivity index (χ1v) is 12.5. The van der Waals surface area contributed by atoms with Gasteiger partial charge in [-0.25, -0.2) is 5.43 Å². The van der Waals surface area contributed by atoms with Gasteiger partial charge in [-0.05, 0) is 23.6 Å². The van der Waals surface area contributed by atoms with Gasteiger partial charge < -0.3 is 9.64 Å². The van der Waals surface area contributed by atoms with Crippen LogP contribution in [0.1, 0.15) is 34.1 Å². The first-order valence-electron chi connectivity index (χ1n) is 12.5. The number of benzene rings is 3. The number of hydrogen-bond acceptors (Lipinski definition) is 4. The largest absolute Gasteiger partial charge is 0.378 e. The molecule has 1 saturated heterocycles. The van der Waals surface area contributed by atoms with E-state index in [2.05, 4.69) is 10.5 Å². The Morgan fingerprint density at radius 2 is 1.39 bits per heavy atom.